The number of anilines is 2. The average molecular weight is 363 g/mol. The summed E-state index contributed by atoms with van der Waals surface area (Å²) in [6, 6.07) is 5.90. The van der Waals surface area contributed by atoms with E-state index in [9.17, 15) is 13.2 Å². The topological polar surface area (TPSA) is 101 Å². The Bertz CT molecular complexity index is 875. The maximum Gasteiger partial charge on any atom is 0.309 e. The molecule has 2 N–H and O–H groups in total. The van der Waals surface area contributed by atoms with Gasteiger partial charge in [0.2, 0.25) is 5.91 Å². The first-order chi connectivity index (χ1) is 11.6. The van der Waals surface area contributed by atoms with Gasteiger partial charge in [-0.05, 0) is 37.1 Å². The number of oxazole rings is 1. The number of nitrogens with zero attached hydrogens (tertiary/aromatic N) is 1. The maximum absolute atomic E-state index is 12.4. The van der Waals surface area contributed by atoms with Crippen LogP contribution >= 0.6 is 0 Å². The molecule has 1 aromatic heterocycles. The first kappa shape index (κ1) is 17.5. The van der Waals surface area contributed by atoms with Crippen LogP contribution in [0.25, 0.3) is 0 Å². The van der Waals surface area contributed by atoms with Gasteiger partial charge in [-0.2, -0.15) is 0 Å². The van der Waals surface area contributed by atoms with Crippen LogP contribution in [0.5, 0.6) is 0 Å². The summed E-state index contributed by atoms with van der Waals surface area (Å²) in [5.41, 5.74) is 0.00212. The minimum absolute atomic E-state index is 0.0352. The van der Waals surface area contributed by atoms with Crippen LogP contribution in [-0.2, 0) is 14.8 Å². The molecule has 2 aromatic rings. The second kappa shape index (κ2) is 6.18. The number of carbonyl (C=O) groups is 1. The number of rotatable bonds is 5. The highest BCUT2D eigenvalue weighted by Crippen LogP contribution is 2.40. The van der Waals surface area contributed by atoms with Crippen molar-refractivity contribution in [3.63, 3.8) is 0 Å². The van der Waals surface area contributed by atoms with Crippen LogP contribution in [0, 0.1) is 5.41 Å². The summed E-state index contributed by atoms with van der Waals surface area (Å²) in [6.07, 6.45) is 3.65. The summed E-state index contributed by atoms with van der Waals surface area (Å²) in [5, 5.41) is 2.75. The fourth-order valence-corrected chi connectivity index (χ4v) is 3.04. The van der Waals surface area contributed by atoms with Crippen molar-refractivity contribution >= 4 is 27.6 Å². The summed E-state index contributed by atoms with van der Waals surface area (Å²) < 4.78 is 32.5. The number of amides is 1. The lowest BCUT2D eigenvalue weighted by Gasteiger charge is -2.17. The lowest BCUT2D eigenvalue weighted by molar-refractivity contribution is -0.123. The van der Waals surface area contributed by atoms with Crippen molar-refractivity contribution in [2.75, 3.05) is 10.0 Å². The lowest BCUT2D eigenvalue weighted by atomic mass is 9.95. The van der Waals surface area contributed by atoms with E-state index in [1.54, 1.807) is 39.1 Å². The van der Waals surface area contributed by atoms with Crippen molar-refractivity contribution in [3.8, 4) is 0 Å². The van der Waals surface area contributed by atoms with Gasteiger partial charge in [0.15, 0.2) is 0 Å². The zero-order chi connectivity index (χ0) is 18.2. The third-order valence-corrected chi connectivity index (χ3v) is 5.16. The molecular formula is C17H21N3O4S. The van der Waals surface area contributed by atoms with Crippen LogP contribution in [0.1, 0.15) is 45.3 Å². The van der Waals surface area contributed by atoms with Gasteiger partial charge in [0.25, 0.3) is 10.0 Å². The summed E-state index contributed by atoms with van der Waals surface area (Å²) in [6.45, 7) is 5.41. The van der Waals surface area contributed by atoms with E-state index >= 15 is 0 Å². The van der Waals surface area contributed by atoms with Gasteiger partial charge in [0, 0.05) is 17.0 Å². The van der Waals surface area contributed by atoms with Gasteiger partial charge in [0.05, 0.1) is 11.1 Å². The Morgan fingerprint density at radius 2 is 1.84 bits per heavy atom. The molecule has 134 valence electrons. The standard InChI is InChI=1S/C17H21N3O4S/c1-17(2,3)15(21)19-12-6-8-13(9-7-12)25(22,23)20-16-18-10-14(24-16)11-4-5-11/h6-11H,4-5H2,1-3H3,(H,18,20)(H,19,21). The Kier molecular flexibility index (Phi) is 4.32. The Morgan fingerprint density at radius 1 is 1.20 bits per heavy atom. The van der Waals surface area contributed by atoms with Crippen LogP contribution in [0.15, 0.2) is 39.8 Å². The molecule has 0 bridgehead atoms. The molecule has 0 spiro atoms. The second-order valence-electron chi connectivity index (χ2n) is 7.18. The van der Waals surface area contributed by atoms with E-state index in [2.05, 4.69) is 15.0 Å². The van der Waals surface area contributed by atoms with Crippen molar-refractivity contribution in [2.24, 2.45) is 5.41 Å². The van der Waals surface area contributed by atoms with Gasteiger partial charge in [-0.1, -0.05) is 20.8 Å². The zero-order valence-corrected chi connectivity index (χ0v) is 15.2. The summed E-state index contributed by atoms with van der Waals surface area (Å²) in [7, 11) is -3.80. The zero-order valence-electron chi connectivity index (χ0n) is 14.4. The van der Waals surface area contributed by atoms with Crippen LogP contribution in [-0.4, -0.2) is 19.3 Å². The largest absolute Gasteiger partial charge is 0.428 e. The number of carbonyl (C=O) groups excluding carboxylic acids is 1. The smallest absolute Gasteiger partial charge is 0.309 e. The molecular weight excluding hydrogens is 342 g/mol. The van der Waals surface area contributed by atoms with Gasteiger partial charge in [0.1, 0.15) is 5.76 Å². The fraction of sp³-hybridized carbons (Fsp3) is 0.412. The summed E-state index contributed by atoms with van der Waals surface area (Å²) in [5.74, 6) is 0.919. The predicted molar refractivity (Wildman–Crippen MR) is 93.8 cm³/mol. The number of sulfonamides is 1. The molecule has 3 rings (SSSR count). The molecule has 0 aliphatic heterocycles. The second-order valence-corrected chi connectivity index (χ2v) is 8.86. The Morgan fingerprint density at radius 3 is 2.40 bits per heavy atom. The average Bonchev–Trinajstić information content (AvgIpc) is 3.27. The molecule has 0 radical (unpaired) electrons. The first-order valence-corrected chi connectivity index (χ1v) is 9.53. The molecule has 1 aliphatic rings. The molecule has 0 atom stereocenters. The van der Waals surface area contributed by atoms with E-state index in [1.807, 2.05) is 0 Å². The quantitative estimate of drug-likeness (QED) is 0.848. The highest BCUT2D eigenvalue weighted by atomic mass is 32.2. The number of benzene rings is 1. The molecule has 1 aliphatic carbocycles. The lowest BCUT2D eigenvalue weighted by Crippen LogP contribution is -2.27. The third-order valence-electron chi connectivity index (χ3n) is 3.83. The first-order valence-electron chi connectivity index (χ1n) is 8.05. The van der Waals surface area contributed by atoms with Crippen molar-refractivity contribution in [3.05, 3.63) is 36.2 Å². The van der Waals surface area contributed by atoms with Gasteiger partial charge >= 0.3 is 6.01 Å². The maximum atomic E-state index is 12.4. The third kappa shape index (κ3) is 4.19. The predicted octanol–water partition coefficient (Wildman–Crippen LogP) is 3.34. The van der Waals surface area contributed by atoms with E-state index in [4.69, 9.17) is 4.42 Å². The number of aromatic nitrogens is 1. The van der Waals surface area contributed by atoms with E-state index in [1.165, 1.54) is 12.1 Å². The Balaban J connectivity index is 1.70. The Labute approximate surface area is 146 Å². The number of hydrogen-bond donors (Lipinski definition) is 2. The van der Waals surface area contributed by atoms with Crippen LogP contribution in [0.2, 0.25) is 0 Å². The van der Waals surface area contributed by atoms with Crippen LogP contribution in [0.4, 0.5) is 11.7 Å². The van der Waals surface area contributed by atoms with Crippen LogP contribution < -0.4 is 10.0 Å². The normalized spacial score (nSPS) is 15.0. The molecule has 7 nitrogen and oxygen atoms in total. The van der Waals surface area contributed by atoms with Gasteiger partial charge < -0.3 is 9.73 Å². The fourth-order valence-electron chi connectivity index (χ4n) is 2.10. The van der Waals surface area contributed by atoms with E-state index in [-0.39, 0.29) is 16.8 Å². The molecule has 1 amide bonds. The summed E-state index contributed by atoms with van der Waals surface area (Å²) >= 11 is 0. The molecule has 1 saturated carbocycles. The van der Waals surface area contributed by atoms with Crippen molar-refractivity contribution < 1.29 is 17.6 Å². The van der Waals surface area contributed by atoms with Gasteiger partial charge in [-0.3, -0.25) is 4.79 Å². The SMILES string of the molecule is CC(C)(C)C(=O)Nc1ccc(S(=O)(=O)Nc2ncc(C3CC3)o2)cc1. The number of nitrogens with one attached hydrogen (secondary N) is 2. The minimum atomic E-state index is -3.80. The molecule has 25 heavy (non-hydrogen) atoms. The van der Waals surface area contributed by atoms with E-state index in [0.717, 1.165) is 12.8 Å². The molecule has 1 aromatic carbocycles. The van der Waals surface area contributed by atoms with Gasteiger partial charge in [-0.15, -0.1) is 0 Å². The van der Waals surface area contributed by atoms with Crippen LogP contribution in [0.3, 0.4) is 0 Å². The number of hydrogen-bond acceptors (Lipinski definition) is 5. The van der Waals surface area contributed by atoms with Crippen molar-refractivity contribution in [2.45, 2.75) is 44.4 Å². The highest BCUT2D eigenvalue weighted by Gasteiger charge is 2.28. The monoisotopic (exact) mass is 363 g/mol. The Hall–Kier alpha value is -2.35. The molecule has 0 unspecified atom stereocenters. The van der Waals surface area contributed by atoms with E-state index < -0.39 is 15.4 Å². The summed E-state index contributed by atoms with van der Waals surface area (Å²) in [4.78, 5) is 16.0. The minimum Gasteiger partial charge on any atom is -0.428 e. The molecule has 1 heterocycles. The molecule has 8 heteroatoms. The highest BCUT2D eigenvalue weighted by molar-refractivity contribution is 7.92. The molecule has 0 saturated heterocycles. The van der Waals surface area contributed by atoms with Crippen molar-refractivity contribution in [1.29, 1.82) is 0 Å². The van der Waals surface area contributed by atoms with Crippen molar-refractivity contribution in [1.82, 2.24) is 4.98 Å². The molecule has 1 fully saturated rings. The van der Waals surface area contributed by atoms with Gasteiger partial charge in [-0.25, -0.2) is 18.1 Å². The van der Waals surface area contributed by atoms with E-state index in [0.29, 0.717) is 17.4 Å².